The Bertz CT molecular complexity index is 201. The summed E-state index contributed by atoms with van der Waals surface area (Å²) in [7, 11) is 0. The van der Waals surface area contributed by atoms with Crippen molar-refractivity contribution < 1.29 is 4.74 Å². The number of ether oxygens (including phenoxy) is 1. The summed E-state index contributed by atoms with van der Waals surface area (Å²) in [5, 5.41) is 3.53. The van der Waals surface area contributed by atoms with Gasteiger partial charge in [-0.2, -0.15) is 0 Å². The Morgan fingerprint density at radius 1 is 1.06 bits per heavy atom. The van der Waals surface area contributed by atoms with E-state index in [0.29, 0.717) is 6.10 Å². The van der Waals surface area contributed by atoms with E-state index in [0.717, 1.165) is 25.0 Å². The first-order valence-corrected chi connectivity index (χ1v) is 7.72. The predicted molar refractivity (Wildman–Crippen MR) is 72.2 cm³/mol. The Balaban J connectivity index is 1.59. The number of hydrogen-bond donors (Lipinski definition) is 1. The third kappa shape index (κ3) is 4.26. The fourth-order valence-corrected chi connectivity index (χ4v) is 3.57. The molecule has 0 radical (unpaired) electrons. The van der Waals surface area contributed by atoms with Crippen molar-refractivity contribution in [2.75, 3.05) is 19.7 Å². The average molecular weight is 239 g/mol. The SMILES string of the molecule is CCNCC1CCCC1CCCC1CCCO1. The molecule has 1 saturated carbocycles. The summed E-state index contributed by atoms with van der Waals surface area (Å²) in [6.07, 6.45) is 11.7. The van der Waals surface area contributed by atoms with E-state index in [9.17, 15) is 0 Å². The van der Waals surface area contributed by atoms with Gasteiger partial charge in [0, 0.05) is 6.61 Å². The molecule has 0 spiro atoms. The molecule has 2 heteroatoms. The Labute approximate surface area is 107 Å². The highest BCUT2D eigenvalue weighted by atomic mass is 16.5. The van der Waals surface area contributed by atoms with Crippen LogP contribution in [0.1, 0.15) is 58.3 Å². The van der Waals surface area contributed by atoms with E-state index < -0.39 is 0 Å². The minimum absolute atomic E-state index is 0.601. The summed E-state index contributed by atoms with van der Waals surface area (Å²) >= 11 is 0. The van der Waals surface area contributed by atoms with E-state index in [1.165, 1.54) is 57.9 Å². The van der Waals surface area contributed by atoms with E-state index in [2.05, 4.69) is 12.2 Å². The molecule has 2 rings (SSSR count). The molecule has 1 N–H and O–H groups in total. The smallest absolute Gasteiger partial charge is 0.0576 e. The van der Waals surface area contributed by atoms with Crippen LogP contribution in [0.2, 0.25) is 0 Å². The van der Waals surface area contributed by atoms with Crippen LogP contribution in [0.25, 0.3) is 0 Å². The van der Waals surface area contributed by atoms with Crippen LogP contribution in [0.5, 0.6) is 0 Å². The van der Waals surface area contributed by atoms with Crippen LogP contribution >= 0.6 is 0 Å². The maximum absolute atomic E-state index is 5.70. The molecule has 2 aliphatic rings. The van der Waals surface area contributed by atoms with E-state index in [1.54, 1.807) is 0 Å². The fourth-order valence-electron chi connectivity index (χ4n) is 3.57. The lowest BCUT2D eigenvalue weighted by Gasteiger charge is -2.20. The second-order valence-electron chi connectivity index (χ2n) is 5.82. The van der Waals surface area contributed by atoms with Crippen molar-refractivity contribution >= 4 is 0 Å². The van der Waals surface area contributed by atoms with Crippen LogP contribution < -0.4 is 5.32 Å². The molecule has 0 amide bonds. The minimum atomic E-state index is 0.601. The van der Waals surface area contributed by atoms with Gasteiger partial charge in [0.15, 0.2) is 0 Å². The molecule has 1 saturated heterocycles. The Hall–Kier alpha value is -0.0800. The standard InChI is InChI=1S/C15H29NO/c1-2-16-12-14-8-3-6-13(14)7-4-9-15-10-5-11-17-15/h13-16H,2-12H2,1H3. The zero-order valence-corrected chi connectivity index (χ0v) is 11.4. The van der Waals surface area contributed by atoms with Crippen LogP contribution in [0, 0.1) is 11.8 Å². The maximum atomic E-state index is 5.70. The molecule has 0 aromatic heterocycles. The monoisotopic (exact) mass is 239 g/mol. The van der Waals surface area contributed by atoms with Crippen molar-refractivity contribution in [1.29, 1.82) is 0 Å². The number of nitrogens with one attached hydrogen (secondary N) is 1. The molecule has 3 atom stereocenters. The normalized spacial score (nSPS) is 33.4. The van der Waals surface area contributed by atoms with E-state index in [-0.39, 0.29) is 0 Å². The zero-order valence-electron chi connectivity index (χ0n) is 11.4. The first-order valence-electron chi connectivity index (χ1n) is 7.72. The van der Waals surface area contributed by atoms with E-state index in [1.807, 2.05) is 0 Å². The lowest BCUT2D eigenvalue weighted by Crippen LogP contribution is -2.25. The quantitative estimate of drug-likeness (QED) is 0.735. The summed E-state index contributed by atoms with van der Waals surface area (Å²) in [6, 6.07) is 0. The van der Waals surface area contributed by atoms with Crippen molar-refractivity contribution in [3.8, 4) is 0 Å². The Morgan fingerprint density at radius 2 is 1.94 bits per heavy atom. The van der Waals surface area contributed by atoms with Crippen molar-refractivity contribution in [2.24, 2.45) is 11.8 Å². The van der Waals surface area contributed by atoms with Gasteiger partial charge in [-0.05, 0) is 50.6 Å². The summed E-state index contributed by atoms with van der Waals surface area (Å²) < 4.78 is 5.70. The van der Waals surface area contributed by atoms with Gasteiger partial charge in [-0.1, -0.05) is 32.6 Å². The second-order valence-corrected chi connectivity index (χ2v) is 5.82. The van der Waals surface area contributed by atoms with Gasteiger partial charge in [-0.25, -0.2) is 0 Å². The van der Waals surface area contributed by atoms with Crippen LogP contribution in [0.4, 0.5) is 0 Å². The van der Waals surface area contributed by atoms with Gasteiger partial charge in [0.25, 0.3) is 0 Å². The highest BCUT2D eigenvalue weighted by Crippen LogP contribution is 2.35. The van der Waals surface area contributed by atoms with Gasteiger partial charge in [0.05, 0.1) is 6.10 Å². The third-order valence-electron chi connectivity index (χ3n) is 4.60. The zero-order chi connectivity index (χ0) is 11.9. The fraction of sp³-hybridized carbons (Fsp3) is 1.00. The molecule has 1 heterocycles. The highest BCUT2D eigenvalue weighted by Gasteiger charge is 2.26. The van der Waals surface area contributed by atoms with Crippen LogP contribution in [0.15, 0.2) is 0 Å². The largest absolute Gasteiger partial charge is 0.378 e. The molecule has 0 aromatic carbocycles. The number of rotatable bonds is 7. The molecule has 1 aliphatic carbocycles. The molecule has 1 aliphatic heterocycles. The minimum Gasteiger partial charge on any atom is -0.378 e. The van der Waals surface area contributed by atoms with Crippen LogP contribution in [-0.2, 0) is 4.74 Å². The van der Waals surface area contributed by atoms with Gasteiger partial charge in [0.1, 0.15) is 0 Å². The van der Waals surface area contributed by atoms with Gasteiger partial charge in [-0.15, -0.1) is 0 Å². The Morgan fingerprint density at radius 3 is 2.71 bits per heavy atom. The van der Waals surface area contributed by atoms with Crippen molar-refractivity contribution in [3.63, 3.8) is 0 Å². The number of hydrogen-bond acceptors (Lipinski definition) is 2. The van der Waals surface area contributed by atoms with Gasteiger partial charge in [-0.3, -0.25) is 0 Å². The third-order valence-corrected chi connectivity index (χ3v) is 4.60. The summed E-state index contributed by atoms with van der Waals surface area (Å²) in [4.78, 5) is 0. The molecule has 17 heavy (non-hydrogen) atoms. The first-order chi connectivity index (χ1) is 8.40. The van der Waals surface area contributed by atoms with Gasteiger partial charge >= 0.3 is 0 Å². The van der Waals surface area contributed by atoms with Crippen molar-refractivity contribution in [1.82, 2.24) is 5.32 Å². The molecular weight excluding hydrogens is 210 g/mol. The summed E-state index contributed by atoms with van der Waals surface area (Å²) in [5.74, 6) is 1.95. The molecule has 2 fully saturated rings. The van der Waals surface area contributed by atoms with Crippen LogP contribution in [-0.4, -0.2) is 25.8 Å². The molecule has 3 unspecified atom stereocenters. The second kappa shape index (κ2) is 7.38. The molecule has 2 nitrogen and oxygen atoms in total. The summed E-state index contributed by atoms with van der Waals surface area (Å²) in [6.45, 7) is 5.60. The molecule has 0 bridgehead atoms. The maximum Gasteiger partial charge on any atom is 0.0576 e. The first kappa shape index (κ1) is 13.4. The van der Waals surface area contributed by atoms with E-state index >= 15 is 0 Å². The van der Waals surface area contributed by atoms with Crippen LogP contribution in [0.3, 0.4) is 0 Å². The highest BCUT2D eigenvalue weighted by molar-refractivity contribution is 4.79. The van der Waals surface area contributed by atoms with Gasteiger partial charge < -0.3 is 10.1 Å². The molecule has 0 aromatic rings. The topological polar surface area (TPSA) is 21.3 Å². The van der Waals surface area contributed by atoms with Crippen molar-refractivity contribution in [2.45, 2.75) is 64.4 Å². The predicted octanol–water partition coefficient (Wildman–Crippen LogP) is 3.36. The van der Waals surface area contributed by atoms with Crippen molar-refractivity contribution in [3.05, 3.63) is 0 Å². The molecular formula is C15H29NO. The lowest BCUT2D eigenvalue weighted by atomic mass is 9.90. The Kier molecular flexibility index (Phi) is 5.79. The lowest BCUT2D eigenvalue weighted by molar-refractivity contribution is 0.1000. The van der Waals surface area contributed by atoms with E-state index in [4.69, 9.17) is 4.74 Å². The molecule has 100 valence electrons. The van der Waals surface area contributed by atoms with Gasteiger partial charge in [0.2, 0.25) is 0 Å². The average Bonchev–Trinajstić information content (AvgIpc) is 2.98. The summed E-state index contributed by atoms with van der Waals surface area (Å²) in [5.41, 5.74) is 0.